The van der Waals surface area contributed by atoms with Crippen LogP contribution in [0, 0.1) is 24.8 Å². The number of rotatable bonds is 4. The second-order valence-electron chi connectivity index (χ2n) is 10.9. The molecule has 0 saturated carbocycles. The van der Waals surface area contributed by atoms with Crippen LogP contribution in [0.1, 0.15) is 36.4 Å². The second kappa shape index (κ2) is 12.8. The number of pyridine rings is 2. The zero-order chi connectivity index (χ0) is 31.9. The quantitative estimate of drug-likeness (QED) is 0.132. The van der Waals surface area contributed by atoms with Crippen LogP contribution in [0.2, 0.25) is 17.3 Å². The van der Waals surface area contributed by atoms with Crippen molar-refractivity contribution in [3.05, 3.63) is 114 Å². The van der Waals surface area contributed by atoms with E-state index in [1.165, 1.54) is 22.6 Å². The van der Waals surface area contributed by atoms with E-state index in [4.69, 9.17) is 9.90 Å². The molecule has 6 rings (SSSR count). The third-order valence-electron chi connectivity index (χ3n) is 6.71. The standard InChI is InChI=1S/C20H15FNO.C15H18GeN.Ir/c1-12(2)13-8-9-22-18(10-13)17-5-3-4-16-15-7-6-14(21)11-19(15)23-20(16)17;1-12-5-7-13(8-6-12)15-10-9-14(11-17-15)16(2,3)4;/h3-4,6-12H,1-2H3;5-7,9-11H,1-4H3;/q2*-1;/i12D;1D3;. The third kappa shape index (κ3) is 7.03. The van der Waals surface area contributed by atoms with E-state index in [0.717, 1.165) is 33.2 Å². The molecule has 0 atom stereocenters. The molecule has 41 heavy (non-hydrogen) atoms. The average molecular weight is 786 g/mol. The van der Waals surface area contributed by atoms with Crippen molar-refractivity contribution in [2.45, 2.75) is 43.9 Å². The van der Waals surface area contributed by atoms with Gasteiger partial charge in [0.15, 0.2) is 0 Å². The molecule has 6 heteroatoms. The van der Waals surface area contributed by atoms with Gasteiger partial charge >= 0.3 is 110 Å². The van der Waals surface area contributed by atoms with Crippen LogP contribution in [0.25, 0.3) is 44.5 Å². The summed E-state index contributed by atoms with van der Waals surface area (Å²) < 4.78 is 51.0. The van der Waals surface area contributed by atoms with Crippen LogP contribution in [0.4, 0.5) is 4.39 Å². The Morgan fingerprint density at radius 1 is 0.927 bits per heavy atom. The summed E-state index contributed by atoms with van der Waals surface area (Å²) in [4.78, 5) is 8.89. The molecule has 0 spiro atoms. The Morgan fingerprint density at radius 3 is 2.41 bits per heavy atom. The fraction of sp³-hybridized carbons (Fsp3) is 0.200. The Morgan fingerprint density at radius 2 is 1.76 bits per heavy atom. The molecule has 0 aliphatic heterocycles. The van der Waals surface area contributed by atoms with Crippen LogP contribution in [-0.4, -0.2) is 23.2 Å². The molecule has 0 N–H and O–H groups in total. The van der Waals surface area contributed by atoms with Crippen LogP contribution in [-0.2, 0) is 20.1 Å². The minimum Gasteiger partial charge on any atom is 0 e. The maximum atomic E-state index is 13.5. The molecule has 3 aromatic heterocycles. The number of hydrogen-bond donors (Lipinski definition) is 0. The molecular formula is C35H33FGeIrN2O-2. The number of fused-ring (bicyclic) bond motifs is 3. The summed E-state index contributed by atoms with van der Waals surface area (Å²) in [6.07, 6.45) is 3.64. The molecular weight excluding hydrogens is 748 g/mol. The van der Waals surface area contributed by atoms with Gasteiger partial charge in [-0.1, -0.05) is 36.4 Å². The molecule has 211 valence electrons. The maximum absolute atomic E-state index is 13.5. The largest absolute Gasteiger partial charge is 0 e. The van der Waals surface area contributed by atoms with Gasteiger partial charge < -0.3 is 9.40 Å². The molecule has 3 aromatic carbocycles. The van der Waals surface area contributed by atoms with E-state index >= 15 is 0 Å². The summed E-state index contributed by atoms with van der Waals surface area (Å²) in [6.45, 7) is 1.59. The van der Waals surface area contributed by atoms with E-state index in [1.54, 1.807) is 24.4 Å². The van der Waals surface area contributed by atoms with Gasteiger partial charge in [0.25, 0.3) is 0 Å². The van der Waals surface area contributed by atoms with Crippen LogP contribution in [0.15, 0.2) is 89.6 Å². The average Bonchev–Trinajstić information content (AvgIpc) is 3.34. The van der Waals surface area contributed by atoms with Crippen LogP contribution < -0.4 is 4.40 Å². The molecule has 0 bridgehead atoms. The summed E-state index contributed by atoms with van der Waals surface area (Å²) >= 11 is -1.83. The van der Waals surface area contributed by atoms with Gasteiger partial charge in [-0.15, -0.1) is 18.2 Å². The molecule has 0 aliphatic carbocycles. The van der Waals surface area contributed by atoms with Gasteiger partial charge in [0.1, 0.15) is 11.4 Å². The van der Waals surface area contributed by atoms with Crippen LogP contribution >= 0.6 is 0 Å². The minimum absolute atomic E-state index is 0. The molecule has 1 radical (unpaired) electrons. The van der Waals surface area contributed by atoms with Gasteiger partial charge in [0, 0.05) is 39.1 Å². The minimum atomic E-state index is -2.08. The Kier molecular flexibility index (Phi) is 7.99. The van der Waals surface area contributed by atoms with Crippen molar-refractivity contribution in [1.82, 2.24) is 9.97 Å². The van der Waals surface area contributed by atoms with E-state index in [-0.39, 0.29) is 25.9 Å². The Bertz CT molecular complexity index is 1870. The number of aryl methyl sites for hydroxylation is 1. The summed E-state index contributed by atoms with van der Waals surface area (Å²) in [5, 5.41) is 1.76. The summed E-state index contributed by atoms with van der Waals surface area (Å²) in [5.41, 5.74) is 5.37. The van der Waals surface area contributed by atoms with Gasteiger partial charge in [-0.2, -0.15) is 0 Å². The summed E-state index contributed by atoms with van der Waals surface area (Å²) in [5.74, 6) is 5.93. The zero-order valence-electron chi connectivity index (χ0n) is 27.6. The monoisotopic (exact) mass is 787 g/mol. The van der Waals surface area contributed by atoms with Gasteiger partial charge in [0.05, 0.1) is 5.58 Å². The molecule has 0 saturated heterocycles. The summed E-state index contributed by atoms with van der Waals surface area (Å²) in [6, 6.07) is 27.2. The first-order valence-corrected chi connectivity index (χ1v) is 20.4. The molecule has 0 unspecified atom stereocenters. The normalized spacial score (nSPS) is 13.3. The van der Waals surface area contributed by atoms with E-state index in [9.17, 15) is 4.39 Å². The fourth-order valence-electron chi connectivity index (χ4n) is 4.36. The molecule has 3 nitrogen and oxygen atoms in total. The van der Waals surface area contributed by atoms with Gasteiger partial charge in [0.2, 0.25) is 0 Å². The maximum Gasteiger partial charge on any atom is 0 e. The van der Waals surface area contributed by atoms with Crippen molar-refractivity contribution in [2.75, 3.05) is 0 Å². The van der Waals surface area contributed by atoms with E-state index in [2.05, 4.69) is 45.4 Å². The zero-order valence-corrected chi connectivity index (χ0v) is 28.1. The Labute approximate surface area is 263 Å². The summed E-state index contributed by atoms with van der Waals surface area (Å²) in [7, 11) is 0. The molecule has 0 amide bonds. The molecule has 0 aliphatic rings. The molecule has 0 fully saturated rings. The first-order chi connectivity index (χ1) is 20.6. The number of nitrogens with zero attached hydrogens (tertiary/aromatic N) is 2. The van der Waals surface area contributed by atoms with Crippen molar-refractivity contribution in [3.8, 4) is 22.5 Å². The third-order valence-corrected chi connectivity index (χ3v) is 11.0. The van der Waals surface area contributed by atoms with E-state index in [1.807, 2.05) is 50.4 Å². The van der Waals surface area contributed by atoms with Crippen molar-refractivity contribution < 1.29 is 34.4 Å². The van der Waals surface area contributed by atoms with Crippen molar-refractivity contribution in [1.29, 1.82) is 0 Å². The first kappa shape index (κ1) is 25.6. The number of halogens is 1. The van der Waals surface area contributed by atoms with Crippen molar-refractivity contribution >= 4 is 39.6 Å². The van der Waals surface area contributed by atoms with Crippen LogP contribution in [0.5, 0.6) is 0 Å². The number of furan rings is 1. The number of hydrogen-bond acceptors (Lipinski definition) is 3. The van der Waals surface area contributed by atoms with Gasteiger partial charge in [-0.05, 0) is 29.8 Å². The first-order valence-electron chi connectivity index (χ1n) is 15.1. The second-order valence-corrected chi connectivity index (χ2v) is 21.6. The van der Waals surface area contributed by atoms with E-state index < -0.39 is 26.0 Å². The smallest absolute Gasteiger partial charge is 0 e. The number of benzene rings is 3. The predicted molar refractivity (Wildman–Crippen MR) is 166 cm³/mol. The molecule has 6 aromatic rings. The van der Waals surface area contributed by atoms with E-state index in [0.29, 0.717) is 22.4 Å². The number of aromatic nitrogens is 2. The van der Waals surface area contributed by atoms with Crippen molar-refractivity contribution in [3.63, 3.8) is 0 Å². The fourth-order valence-corrected chi connectivity index (χ4v) is 6.54. The Balaban J connectivity index is 0.000000204. The van der Waals surface area contributed by atoms with Crippen LogP contribution in [0.3, 0.4) is 0 Å². The topological polar surface area (TPSA) is 38.9 Å². The SMILES string of the molecule is [2H]C(C)(C)c1ccnc(-c2[c-]ccc3c2oc2cc(F)ccc23)c1.[2H]C([2H])([2H])c1c[c-]c(-c2cc[c]([Ge]([CH3])([CH3])[CH3])cn2)cc1.[Ir]. The van der Waals surface area contributed by atoms with Gasteiger partial charge in [-0.3, -0.25) is 0 Å². The predicted octanol–water partition coefficient (Wildman–Crippen LogP) is 9.11. The van der Waals surface area contributed by atoms with Crippen molar-refractivity contribution in [2.24, 2.45) is 0 Å². The Hall–Kier alpha value is -3.12. The van der Waals surface area contributed by atoms with Gasteiger partial charge in [-0.25, -0.2) is 4.39 Å². The molecule has 3 heterocycles.